The lowest BCUT2D eigenvalue weighted by Gasteiger charge is -2.33. The average molecular weight is 329 g/mol. The first kappa shape index (κ1) is 14.9. The minimum Gasteiger partial charge on any atom is -0.336 e. The molecule has 23 heavy (non-hydrogen) atoms. The van der Waals surface area contributed by atoms with Crippen molar-refractivity contribution in [3.63, 3.8) is 0 Å². The van der Waals surface area contributed by atoms with Gasteiger partial charge in [0.2, 0.25) is 0 Å². The first-order valence-electron chi connectivity index (χ1n) is 8.62. The molecule has 5 heteroatoms. The molecule has 0 aromatic carbocycles. The van der Waals surface area contributed by atoms with Gasteiger partial charge in [-0.1, -0.05) is 0 Å². The molecule has 0 saturated carbocycles. The van der Waals surface area contributed by atoms with E-state index in [0.717, 1.165) is 49.5 Å². The van der Waals surface area contributed by atoms with Crippen LogP contribution in [0.5, 0.6) is 0 Å². The summed E-state index contributed by atoms with van der Waals surface area (Å²) < 4.78 is 2.22. The van der Waals surface area contributed by atoms with Gasteiger partial charge in [0.25, 0.3) is 5.91 Å². The molecular weight excluding hydrogens is 306 g/mol. The van der Waals surface area contributed by atoms with Gasteiger partial charge in [0.1, 0.15) is 5.82 Å². The van der Waals surface area contributed by atoms with Crippen LogP contribution in [0.3, 0.4) is 0 Å². The van der Waals surface area contributed by atoms with E-state index in [1.54, 1.807) is 11.3 Å². The van der Waals surface area contributed by atoms with Gasteiger partial charge in [-0.25, -0.2) is 4.98 Å². The number of carbonyl (C=O) groups excluding carboxylic acids is 1. The van der Waals surface area contributed by atoms with Crippen LogP contribution in [0.15, 0.2) is 18.5 Å². The zero-order chi connectivity index (χ0) is 15.8. The van der Waals surface area contributed by atoms with Crippen LogP contribution in [-0.4, -0.2) is 33.4 Å². The Morgan fingerprint density at radius 1 is 1.30 bits per heavy atom. The van der Waals surface area contributed by atoms with Gasteiger partial charge in [0.15, 0.2) is 0 Å². The molecule has 122 valence electrons. The fourth-order valence-corrected chi connectivity index (χ4v) is 5.11. The highest BCUT2D eigenvalue weighted by atomic mass is 32.1. The molecule has 0 bridgehead atoms. The summed E-state index contributed by atoms with van der Waals surface area (Å²) >= 11 is 1.73. The van der Waals surface area contributed by atoms with Crippen molar-refractivity contribution in [2.45, 2.75) is 51.5 Å². The Hall–Kier alpha value is -1.62. The lowest BCUT2D eigenvalue weighted by Crippen LogP contribution is -2.40. The number of amides is 1. The highest BCUT2D eigenvalue weighted by molar-refractivity contribution is 7.14. The smallest absolute Gasteiger partial charge is 0.264 e. The van der Waals surface area contributed by atoms with Gasteiger partial charge >= 0.3 is 0 Å². The standard InChI is InChI=1S/C18H23N3OS/c1-13-19-8-10-21(13)15-6-4-9-20(12-15)18(22)17-11-14-5-2-3-7-16(14)23-17/h8,10-11,15H,2-7,9,12H2,1H3/t15-/m1/s1. The third-order valence-electron chi connectivity index (χ3n) is 5.15. The van der Waals surface area contributed by atoms with E-state index < -0.39 is 0 Å². The molecule has 3 heterocycles. The summed E-state index contributed by atoms with van der Waals surface area (Å²) in [7, 11) is 0. The molecule has 0 unspecified atom stereocenters. The van der Waals surface area contributed by atoms with E-state index in [-0.39, 0.29) is 5.91 Å². The molecule has 0 radical (unpaired) electrons. The summed E-state index contributed by atoms with van der Waals surface area (Å²) in [6.45, 7) is 3.72. The van der Waals surface area contributed by atoms with Crippen LogP contribution < -0.4 is 0 Å². The van der Waals surface area contributed by atoms with E-state index in [1.165, 1.54) is 23.3 Å². The number of hydrogen-bond acceptors (Lipinski definition) is 3. The minimum atomic E-state index is 0.229. The Morgan fingerprint density at radius 2 is 2.17 bits per heavy atom. The largest absolute Gasteiger partial charge is 0.336 e. The van der Waals surface area contributed by atoms with Gasteiger partial charge in [0.05, 0.1) is 10.9 Å². The molecule has 1 fully saturated rings. The van der Waals surface area contributed by atoms with Crippen LogP contribution in [0.25, 0.3) is 0 Å². The van der Waals surface area contributed by atoms with Crippen molar-refractivity contribution < 1.29 is 4.79 Å². The van der Waals surface area contributed by atoms with Gasteiger partial charge in [-0.3, -0.25) is 4.79 Å². The predicted molar refractivity (Wildman–Crippen MR) is 92.1 cm³/mol. The molecule has 2 aromatic heterocycles. The number of fused-ring (bicyclic) bond motifs is 1. The zero-order valence-electron chi connectivity index (χ0n) is 13.6. The van der Waals surface area contributed by atoms with Crippen molar-refractivity contribution in [3.8, 4) is 0 Å². The van der Waals surface area contributed by atoms with E-state index in [4.69, 9.17) is 0 Å². The number of carbonyl (C=O) groups is 1. The summed E-state index contributed by atoms with van der Waals surface area (Å²) in [5, 5.41) is 0. The van der Waals surface area contributed by atoms with E-state index in [1.807, 2.05) is 24.2 Å². The highest BCUT2D eigenvalue weighted by Gasteiger charge is 2.27. The first-order chi connectivity index (χ1) is 11.2. The van der Waals surface area contributed by atoms with Gasteiger partial charge in [0, 0.05) is 30.4 Å². The molecule has 1 atom stereocenters. The van der Waals surface area contributed by atoms with E-state index in [9.17, 15) is 4.79 Å². The average Bonchev–Trinajstić information content (AvgIpc) is 3.20. The lowest BCUT2D eigenvalue weighted by molar-refractivity contribution is 0.0683. The molecule has 2 aromatic rings. The number of thiophene rings is 1. The SMILES string of the molecule is Cc1nccn1[C@@H]1CCCN(C(=O)c2cc3c(s2)CCCC3)C1. The molecule has 0 spiro atoms. The summed E-state index contributed by atoms with van der Waals surface area (Å²) in [6.07, 6.45) is 10.9. The number of nitrogens with zero attached hydrogens (tertiary/aromatic N) is 3. The second-order valence-corrected chi connectivity index (χ2v) is 7.83. The number of aryl methyl sites for hydroxylation is 3. The molecule has 4 nitrogen and oxygen atoms in total. The fourth-order valence-electron chi connectivity index (χ4n) is 3.89. The second kappa shape index (κ2) is 6.11. The Labute approximate surface area is 141 Å². The Morgan fingerprint density at radius 3 is 2.96 bits per heavy atom. The Bertz CT molecular complexity index is 694. The number of piperidine rings is 1. The summed E-state index contributed by atoms with van der Waals surface area (Å²) in [4.78, 5) is 21.7. The first-order valence-corrected chi connectivity index (χ1v) is 9.44. The van der Waals surface area contributed by atoms with Crippen LogP contribution in [0, 0.1) is 6.92 Å². The van der Waals surface area contributed by atoms with Crippen LogP contribution in [0.2, 0.25) is 0 Å². The molecular formula is C18H23N3OS. The molecule has 0 N–H and O–H groups in total. The zero-order valence-corrected chi connectivity index (χ0v) is 14.4. The van der Waals surface area contributed by atoms with Crippen LogP contribution >= 0.6 is 11.3 Å². The molecule has 2 aliphatic rings. The van der Waals surface area contributed by atoms with Crippen molar-refractivity contribution in [1.82, 2.24) is 14.5 Å². The number of aromatic nitrogens is 2. The number of rotatable bonds is 2. The number of hydrogen-bond donors (Lipinski definition) is 0. The summed E-state index contributed by atoms with van der Waals surface area (Å²) in [5.41, 5.74) is 1.42. The fraction of sp³-hybridized carbons (Fsp3) is 0.556. The Kier molecular flexibility index (Phi) is 3.97. The normalized spacial score (nSPS) is 21.3. The molecule has 1 aliphatic heterocycles. The van der Waals surface area contributed by atoms with Crippen LogP contribution in [0.1, 0.15) is 57.7 Å². The monoisotopic (exact) mass is 329 g/mol. The van der Waals surface area contributed by atoms with Crippen molar-refractivity contribution in [2.24, 2.45) is 0 Å². The van der Waals surface area contributed by atoms with Crippen LogP contribution in [0.4, 0.5) is 0 Å². The van der Waals surface area contributed by atoms with Crippen LogP contribution in [-0.2, 0) is 12.8 Å². The van der Waals surface area contributed by atoms with E-state index >= 15 is 0 Å². The highest BCUT2D eigenvalue weighted by Crippen LogP contribution is 2.31. The molecule has 1 aliphatic carbocycles. The second-order valence-electron chi connectivity index (χ2n) is 6.70. The van der Waals surface area contributed by atoms with Gasteiger partial charge in [-0.05, 0) is 57.1 Å². The Balaban J connectivity index is 1.52. The predicted octanol–water partition coefficient (Wildman–Crippen LogP) is 3.61. The number of imidazole rings is 1. The van der Waals surface area contributed by atoms with Crippen molar-refractivity contribution in [1.29, 1.82) is 0 Å². The van der Waals surface area contributed by atoms with Gasteiger partial charge in [-0.2, -0.15) is 0 Å². The maximum atomic E-state index is 12.9. The topological polar surface area (TPSA) is 38.1 Å². The van der Waals surface area contributed by atoms with E-state index in [0.29, 0.717) is 6.04 Å². The van der Waals surface area contributed by atoms with Crippen molar-refractivity contribution in [3.05, 3.63) is 39.6 Å². The van der Waals surface area contributed by atoms with E-state index in [2.05, 4.69) is 15.6 Å². The third-order valence-corrected chi connectivity index (χ3v) is 6.37. The minimum absolute atomic E-state index is 0.229. The van der Waals surface area contributed by atoms with Crippen molar-refractivity contribution >= 4 is 17.2 Å². The number of likely N-dealkylation sites (tertiary alicyclic amines) is 1. The maximum Gasteiger partial charge on any atom is 0.264 e. The van der Waals surface area contributed by atoms with Gasteiger partial charge < -0.3 is 9.47 Å². The third kappa shape index (κ3) is 2.82. The lowest BCUT2D eigenvalue weighted by atomic mass is 9.99. The summed E-state index contributed by atoms with van der Waals surface area (Å²) in [6, 6.07) is 2.53. The summed E-state index contributed by atoms with van der Waals surface area (Å²) in [5.74, 6) is 1.27. The quantitative estimate of drug-likeness (QED) is 0.844. The molecule has 1 saturated heterocycles. The van der Waals surface area contributed by atoms with Crippen molar-refractivity contribution in [2.75, 3.05) is 13.1 Å². The van der Waals surface area contributed by atoms with Gasteiger partial charge in [-0.15, -0.1) is 11.3 Å². The molecule has 4 rings (SSSR count). The maximum absolute atomic E-state index is 12.9. The molecule has 1 amide bonds.